The van der Waals surface area contributed by atoms with Crippen molar-refractivity contribution in [1.82, 2.24) is 24.6 Å². The number of fused-ring (bicyclic) bond motifs is 4. The molecule has 0 saturated heterocycles. The molecule has 32 heavy (non-hydrogen) atoms. The summed E-state index contributed by atoms with van der Waals surface area (Å²) in [5, 5.41) is 21.1. The van der Waals surface area contributed by atoms with Gasteiger partial charge in [0.1, 0.15) is 17.2 Å². The zero-order valence-corrected chi connectivity index (χ0v) is 18.2. The number of imidazole rings is 1. The number of methoxy groups -OCH3 is 1. The van der Waals surface area contributed by atoms with Gasteiger partial charge >= 0.3 is 5.97 Å². The van der Waals surface area contributed by atoms with Crippen LogP contribution < -0.4 is 0 Å². The van der Waals surface area contributed by atoms with Crippen molar-refractivity contribution in [2.75, 3.05) is 12.9 Å². The Morgan fingerprint density at radius 1 is 1.16 bits per heavy atom. The van der Waals surface area contributed by atoms with Crippen LogP contribution in [0.5, 0.6) is 0 Å². The van der Waals surface area contributed by atoms with Crippen molar-refractivity contribution in [2.24, 2.45) is 0 Å². The van der Waals surface area contributed by atoms with Crippen LogP contribution in [0.1, 0.15) is 11.4 Å². The van der Waals surface area contributed by atoms with Gasteiger partial charge in [-0.15, -0.1) is 10.2 Å². The summed E-state index contributed by atoms with van der Waals surface area (Å²) in [6.45, 7) is 2.04. The third-order valence-corrected chi connectivity index (χ3v) is 6.16. The lowest BCUT2D eigenvalue weighted by atomic mass is 10.1. The van der Waals surface area contributed by atoms with Crippen LogP contribution in [0, 0.1) is 6.92 Å². The second kappa shape index (κ2) is 8.01. The fourth-order valence-electron chi connectivity index (χ4n) is 3.70. The van der Waals surface area contributed by atoms with Gasteiger partial charge in [-0.2, -0.15) is 0 Å². The molecule has 0 atom stereocenters. The average molecular weight is 446 g/mol. The lowest BCUT2D eigenvalue weighted by molar-refractivity contribution is -0.133. The minimum absolute atomic E-state index is 0.00859. The molecular formula is C23H19N5O3S. The number of aliphatic hydroxyl groups excluding tert-OH is 1. The van der Waals surface area contributed by atoms with Gasteiger partial charge in [0.2, 0.25) is 0 Å². The summed E-state index contributed by atoms with van der Waals surface area (Å²) in [5.41, 5.74) is 4.24. The number of carbonyl (C=O) groups is 1. The summed E-state index contributed by atoms with van der Waals surface area (Å²) in [6, 6.07) is 17.4. The van der Waals surface area contributed by atoms with Gasteiger partial charge in [-0.05, 0) is 36.8 Å². The number of carbonyl (C=O) groups excluding carboxylic acids is 1. The van der Waals surface area contributed by atoms with E-state index >= 15 is 0 Å². The minimum Gasteiger partial charge on any atom is -0.510 e. The van der Waals surface area contributed by atoms with Gasteiger partial charge in [-0.25, -0.2) is 9.78 Å². The Bertz CT molecular complexity index is 1490. The number of ether oxygens (including phenoxy) is 1. The molecule has 0 spiro atoms. The number of hydrogen-bond donors (Lipinski definition) is 2. The number of nitrogens with zero attached hydrogens (tertiary/aromatic N) is 4. The number of aryl methyl sites for hydroxylation is 1. The van der Waals surface area contributed by atoms with Crippen molar-refractivity contribution in [2.45, 2.75) is 12.1 Å². The van der Waals surface area contributed by atoms with Gasteiger partial charge in [-0.3, -0.25) is 4.40 Å². The van der Waals surface area contributed by atoms with E-state index in [1.807, 2.05) is 65.9 Å². The summed E-state index contributed by atoms with van der Waals surface area (Å²) in [5.74, 6) is -0.489. The Morgan fingerprint density at radius 2 is 1.94 bits per heavy atom. The van der Waals surface area contributed by atoms with E-state index in [1.54, 1.807) is 0 Å². The van der Waals surface area contributed by atoms with Gasteiger partial charge in [0, 0.05) is 5.39 Å². The molecule has 5 rings (SSSR count). The first-order chi connectivity index (χ1) is 15.6. The Kier molecular flexibility index (Phi) is 5.02. The number of esters is 1. The van der Waals surface area contributed by atoms with Gasteiger partial charge in [0.25, 0.3) is 0 Å². The van der Waals surface area contributed by atoms with Crippen molar-refractivity contribution in [3.63, 3.8) is 0 Å². The van der Waals surface area contributed by atoms with Crippen LogP contribution in [0.2, 0.25) is 0 Å². The third-order valence-electron chi connectivity index (χ3n) is 5.22. The van der Waals surface area contributed by atoms with E-state index in [4.69, 9.17) is 4.74 Å². The van der Waals surface area contributed by atoms with E-state index in [-0.39, 0.29) is 22.9 Å². The topological polar surface area (TPSA) is 105 Å². The van der Waals surface area contributed by atoms with Crippen LogP contribution in [-0.4, -0.2) is 48.5 Å². The fraction of sp³-hybridized carbons (Fsp3) is 0.130. The number of H-pyrrole nitrogens is 1. The molecular weight excluding hydrogens is 426 g/mol. The predicted octanol–water partition coefficient (Wildman–Crippen LogP) is 4.30. The van der Waals surface area contributed by atoms with E-state index in [0.717, 1.165) is 27.6 Å². The fourth-order valence-corrected chi connectivity index (χ4v) is 4.53. The SMILES string of the molecule is COC(=O)/C(=C(/O)CSc1nnc2cc(C)c3ccccc3n12)c1nc2ccccc2[nH]1. The molecule has 0 aliphatic heterocycles. The smallest absolute Gasteiger partial charge is 0.345 e. The standard InChI is InChI=1S/C23H19N5O3S/c1-13-11-19-26-27-23(28(19)17-10-6-3-7-14(13)17)32-12-18(29)20(22(30)31-2)21-24-15-8-4-5-9-16(15)25-21/h3-11,29H,12H2,1-2H3,(H,24,25)/b20-18+. The van der Waals surface area contributed by atoms with Crippen molar-refractivity contribution in [1.29, 1.82) is 0 Å². The molecule has 5 aromatic rings. The lowest BCUT2D eigenvalue weighted by Gasteiger charge is -2.08. The van der Waals surface area contributed by atoms with E-state index in [0.29, 0.717) is 10.7 Å². The molecule has 0 radical (unpaired) electrons. The Morgan fingerprint density at radius 3 is 2.75 bits per heavy atom. The van der Waals surface area contributed by atoms with Crippen LogP contribution >= 0.6 is 11.8 Å². The molecule has 0 saturated carbocycles. The number of nitrogens with one attached hydrogen (secondary N) is 1. The van der Waals surface area contributed by atoms with Crippen LogP contribution in [0.4, 0.5) is 0 Å². The summed E-state index contributed by atoms with van der Waals surface area (Å²) >= 11 is 1.28. The molecule has 3 aromatic heterocycles. The van der Waals surface area contributed by atoms with Gasteiger partial charge in [0.05, 0.1) is 29.4 Å². The van der Waals surface area contributed by atoms with E-state index in [2.05, 4.69) is 20.2 Å². The maximum Gasteiger partial charge on any atom is 0.345 e. The largest absolute Gasteiger partial charge is 0.510 e. The zero-order valence-electron chi connectivity index (χ0n) is 17.4. The van der Waals surface area contributed by atoms with E-state index in [1.165, 1.54) is 18.9 Å². The number of hydrogen-bond acceptors (Lipinski definition) is 7. The number of aromatic nitrogens is 5. The molecule has 0 aliphatic carbocycles. The van der Waals surface area contributed by atoms with Crippen LogP contribution in [-0.2, 0) is 9.53 Å². The highest BCUT2D eigenvalue weighted by atomic mass is 32.2. The average Bonchev–Trinajstić information content (AvgIpc) is 3.41. The van der Waals surface area contributed by atoms with Crippen molar-refractivity contribution in [3.05, 3.63) is 71.7 Å². The van der Waals surface area contributed by atoms with E-state index < -0.39 is 5.97 Å². The van der Waals surface area contributed by atoms with Gasteiger partial charge in [-0.1, -0.05) is 42.1 Å². The van der Waals surface area contributed by atoms with Gasteiger partial charge < -0.3 is 14.8 Å². The molecule has 0 bridgehead atoms. The van der Waals surface area contributed by atoms with Gasteiger partial charge in [0.15, 0.2) is 10.8 Å². The minimum atomic E-state index is -0.672. The second-order valence-electron chi connectivity index (χ2n) is 7.23. The summed E-state index contributed by atoms with van der Waals surface area (Å²) in [6.07, 6.45) is 0. The summed E-state index contributed by atoms with van der Waals surface area (Å²) in [4.78, 5) is 20.0. The van der Waals surface area contributed by atoms with Crippen LogP contribution in [0.3, 0.4) is 0 Å². The van der Waals surface area contributed by atoms with Crippen LogP contribution in [0.25, 0.3) is 33.2 Å². The highest BCUT2D eigenvalue weighted by Crippen LogP contribution is 2.28. The zero-order chi connectivity index (χ0) is 22.2. The number of aliphatic hydroxyl groups is 1. The first-order valence-corrected chi connectivity index (χ1v) is 10.9. The lowest BCUT2D eigenvalue weighted by Crippen LogP contribution is -2.10. The van der Waals surface area contributed by atoms with Crippen molar-refractivity contribution >= 4 is 50.9 Å². The molecule has 2 aromatic carbocycles. The summed E-state index contributed by atoms with van der Waals surface area (Å²) < 4.78 is 6.85. The third kappa shape index (κ3) is 3.36. The highest BCUT2D eigenvalue weighted by molar-refractivity contribution is 7.99. The molecule has 0 aliphatic rings. The molecule has 2 N–H and O–H groups in total. The maximum atomic E-state index is 12.5. The molecule has 0 unspecified atom stereocenters. The van der Waals surface area contributed by atoms with E-state index in [9.17, 15) is 9.90 Å². The number of aromatic amines is 1. The number of pyridine rings is 1. The molecule has 9 heteroatoms. The highest BCUT2D eigenvalue weighted by Gasteiger charge is 2.23. The maximum absolute atomic E-state index is 12.5. The van der Waals surface area contributed by atoms with Crippen molar-refractivity contribution < 1.29 is 14.6 Å². The number of benzene rings is 2. The Balaban J connectivity index is 1.54. The quantitative estimate of drug-likeness (QED) is 0.180. The predicted molar refractivity (Wildman–Crippen MR) is 124 cm³/mol. The second-order valence-corrected chi connectivity index (χ2v) is 8.17. The first-order valence-electron chi connectivity index (χ1n) is 9.88. The summed E-state index contributed by atoms with van der Waals surface area (Å²) in [7, 11) is 1.27. The Hall–Kier alpha value is -3.85. The first kappa shape index (κ1) is 20.1. The number of thioether (sulfide) groups is 1. The molecule has 8 nitrogen and oxygen atoms in total. The molecule has 0 fully saturated rings. The monoisotopic (exact) mass is 445 g/mol. The molecule has 0 amide bonds. The normalized spacial score (nSPS) is 12.4. The Labute approximate surface area is 186 Å². The van der Waals surface area contributed by atoms with Crippen LogP contribution in [0.15, 0.2) is 65.5 Å². The molecule has 3 heterocycles. The number of rotatable bonds is 5. The number of para-hydroxylation sites is 3. The molecule has 160 valence electrons. The van der Waals surface area contributed by atoms with Crippen molar-refractivity contribution in [3.8, 4) is 0 Å².